The molecule has 0 atom stereocenters. The predicted molar refractivity (Wildman–Crippen MR) is 104 cm³/mol. The molecule has 0 bridgehead atoms. The van der Waals surface area contributed by atoms with Crippen LogP contribution in [0.5, 0.6) is 5.75 Å². The fourth-order valence-electron chi connectivity index (χ4n) is 2.21. The van der Waals surface area contributed by atoms with E-state index in [-0.39, 0.29) is 10.7 Å². The fourth-order valence-corrected chi connectivity index (χ4v) is 2.42. The molecule has 0 saturated heterocycles. The molecule has 1 heterocycles. The topological polar surface area (TPSA) is 63.2 Å². The number of hydrogen-bond acceptors (Lipinski definition) is 4. The van der Waals surface area contributed by atoms with Gasteiger partial charge in [0.25, 0.3) is 5.91 Å². The van der Waals surface area contributed by atoms with Gasteiger partial charge in [-0.25, -0.2) is 0 Å². The van der Waals surface area contributed by atoms with E-state index in [0.29, 0.717) is 12.3 Å². The van der Waals surface area contributed by atoms with E-state index in [1.54, 1.807) is 24.3 Å². The number of alkyl halides is 3. The molecule has 9 heteroatoms. The zero-order valence-electron chi connectivity index (χ0n) is 15.2. The van der Waals surface area contributed by atoms with Crippen LogP contribution in [-0.4, -0.2) is 22.6 Å². The Hall–Kier alpha value is -2.68. The minimum Gasteiger partial charge on any atom is -0.494 e. The molecule has 28 heavy (non-hydrogen) atoms. The first-order valence-electron chi connectivity index (χ1n) is 8.68. The summed E-state index contributed by atoms with van der Waals surface area (Å²) in [4.78, 5) is 15.3. The highest BCUT2D eigenvalue weighted by Gasteiger charge is 2.32. The van der Waals surface area contributed by atoms with Gasteiger partial charge in [-0.3, -0.25) is 15.1 Å². The van der Waals surface area contributed by atoms with Crippen LogP contribution < -0.4 is 15.4 Å². The first-order valence-corrected chi connectivity index (χ1v) is 9.09. The zero-order valence-corrected chi connectivity index (χ0v) is 16.0. The number of ether oxygens (including phenoxy) is 1. The standard InChI is InChI=1S/C19H20F3N3O2S/c1-2-3-4-11-27-15-8-6-14(7-9-15)24-18(28)25-17(26)13-5-10-16(23-12-13)19(20,21)22/h5-10,12H,2-4,11H2,1H3,(H2,24,25,26,28). The third-order valence-electron chi connectivity index (χ3n) is 3.67. The third kappa shape index (κ3) is 6.80. The van der Waals surface area contributed by atoms with Crippen molar-refractivity contribution in [2.24, 2.45) is 0 Å². The number of pyridine rings is 1. The van der Waals surface area contributed by atoms with Crippen molar-refractivity contribution < 1.29 is 22.7 Å². The van der Waals surface area contributed by atoms with Crippen molar-refractivity contribution in [2.45, 2.75) is 32.4 Å². The third-order valence-corrected chi connectivity index (χ3v) is 3.88. The van der Waals surface area contributed by atoms with E-state index in [1.807, 2.05) is 0 Å². The van der Waals surface area contributed by atoms with E-state index in [1.165, 1.54) is 0 Å². The van der Waals surface area contributed by atoms with Gasteiger partial charge < -0.3 is 10.1 Å². The van der Waals surface area contributed by atoms with Crippen molar-refractivity contribution in [3.05, 3.63) is 53.9 Å². The van der Waals surface area contributed by atoms with Gasteiger partial charge >= 0.3 is 6.18 Å². The normalized spacial score (nSPS) is 11.0. The number of halogens is 3. The monoisotopic (exact) mass is 411 g/mol. The van der Waals surface area contributed by atoms with E-state index in [2.05, 4.69) is 22.5 Å². The van der Waals surface area contributed by atoms with Gasteiger partial charge in [0.05, 0.1) is 12.2 Å². The number of aromatic nitrogens is 1. The largest absolute Gasteiger partial charge is 0.494 e. The minimum atomic E-state index is -4.56. The highest BCUT2D eigenvalue weighted by Crippen LogP contribution is 2.27. The first kappa shape index (κ1) is 21.6. The average Bonchev–Trinajstić information content (AvgIpc) is 2.66. The van der Waals surface area contributed by atoms with Gasteiger partial charge in [0.2, 0.25) is 0 Å². The van der Waals surface area contributed by atoms with Crippen LogP contribution in [0.3, 0.4) is 0 Å². The minimum absolute atomic E-state index is 0.0153. The van der Waals surface area contributed by atoms with Crippen LogP contribution in [-0.2, 0) is 6.18 Å². The van der Waals surface area contributed by atoms with Gasteiger partial charge in [0.1, 0.15) is 11.4 Å². The molecule has 5 nitrogen and oxygen atoms in total. The molecule has 0 spiro atoms. The summed E-state index contributed by atoms with van der Waals surface area (Å²) in [5.41, 5.74) is -0.466. The van der Waals surface area contributed by atoms with Crippen LogP contribution in [0, 0.1) is 0 Å². The number of thiocarbonyl (C=S) groups is 1. The van der Waals surface area contributed by atoms with Gasteiger partial charge in [0.15, 0.2) is 5.11 Å². The lowest BCUT2D eigenvalue weighted by atomic mass is 10.2. The molecule has 0 aliphatic carbocycles. The van der Waals surface area contributed by atoms with Crippen LogP contribution in [0.25, 0.3) is 0 Å². The SMILES string of the molecule is CCCCCOc1ccc(NC(=S)NC(=O)c2ccc(C(F)(F)F)nc2)cc1. The summed E-state index contributed by atoms with van der Waals surface area (Å²) in [6, 6.07) is 8.82. The number of benzene rings is 1. The van der Waals surface area contributed by atoms with Gasteiger partial charge in [-0.15, -0.1) is 0 Å². The zero-order chi connectivity index (χ0) is 20.6. The molecule has 0 unspecified atom stereocenters. The summed E-state index contributed by atoms with van der Waals surface area (Å²) < 4.78 is 43.1. The molecule has 0 radical (unpaired) electrons. The molecular formula is C19H20F3N3O2S. The molecule has 0 fully saturated rings. The van der Waals surface area contributed by atoms with E-state index in [9.17, 15) is 18.0 Å². The maximum absolute atomic E-state index is 12.5. The van der Waals surface area contributed by atoms with E-state index >= 15 is 0 Å². The Bertz CT molecular complexity index is 794. The first-order chi connectivity index (χ1) is 13.3. The lowest BCUT2D eigenvalue weighted by Crippen LogP contribution is -2.34. The van der Waals surface area contributed by atoms with Gasteiger partial charge in [0, 0.05) is 11.9 Å². The molecule has 1 aromatic heterocycles. The van der Waals surface area contributed by atoms with Crippen molar-refractivity contribution in [1.29, 1.82) is 0 Å². The Balaban J connectivity index is 1.85. The number of amides is 1. The smallest absolute Gasteiger partial charge is 0.433 e. The Morgan fingerprint density at radius 1 is 1.14 bits per heavy atom. The summed E-state index contributed by atoms with van der Waals surface area (Å²) in [5, 5.41) is 5.24. The summed E-state index contributed by atoms with van der Waals surface area (Å²) in [7, 11) is 0. The second kappa shape index (κ2) is 10.0. The molecule has 1 amide bonds. The number of nitrogens with zero attached hydrogens (tertiary/aromatic N) is 1. The highest BCUT2D eigenvalue weighted by molar-refractivity contribution is 7.80. The van der Waals surface area contributed by atoms with Gasteiger partial charge in [-0.05, 0) is 55.0 Å². The molecule has 0 saturated carbocycles. The van der Waals surface area contributed by atoms with E-state index < -0.39 is 17.8 Å². The maximum Gasteiger partial charge on any atom is 0.433 e. The quantitative estimate of drug-likeness (QED) is 0.506. The lowest BCUT2D eigenvalue weighted by molar-refractivity contribution is -0.141. The van der Waals surface area contributed by atoms with E-state index in [0.717, 1.165) is 43.3 Å². The highest BCUT2D eigenvalue weighted by atomic mass is 32.1. The van der Waals surface area contributed by atoms with Crippen LogP contribution >= 0.6 is 12.2 Å². The molecule has 150 valence electrons. The number of carbonyl (C=O) groups is 1. The average molecular weight is 411 g/mol. The van der Waals surface area contributed by atoms with Gasteiger partial charge in [-0.1, -0.05) is 19.8 Å². The van der Waals surface area contributed by atoms with Crippen LogP contribution in [0.1, 0.15) is 42.2 Å². The maximum atomic E-state index is 12.5. The fraction of sp³-hybridized carbons (Fsp3) is 0.316. The summed E-state index contributed by atoms with van der Waals surface area (Å²) in [6.07, 6.45) is -0.478. The molecule has 2 aromatic rings. The van der Waals surface area contributed by atoms with Crippen molar-refractivity contribution in [3.63, 3.8) is 0 Å². The summed E-state index contributed by atoms with van der Waals surface area (Å²) >= 11 is 5.05. The summed E-state index contributed by atoms with van der Waals surface area (Å²) in [5.74, 6) is 0.0713. The van der Waals surface area contributed by atoms with Crippen molar-refractivity contribution in [2.75, 3.05) is 11.9 Å². The van der Waals surface area contributed by atoms with Crippen molar-refractivity contribution >= 4 is 28.9 Å². The van der Waals surface area contributed by atoms with Crippen LogP contribution in [0.4, 0.5) is 18.9 Å². The number of carbonyl (C=O) groups excluding carboxylic acids is 1. The van der Waals surface area contributed by atoms with Gasteiger partial charge in [-0.2, -0.15) is 13.2 Å². The molecule has 2 N–H and O–H groups in total. The Morgan fingerprint density at radius 2 is 1.86 bits per heavy atom. The number of rotatable bonds is 7. The lowest BCUT2D eigenvalue weighted by Gasteiger charge is -2.11. The van der Waals surface area contributed by atoms with Crippen LogP contribution in [0.15, 0.2) is 42.6 Å². The summed E-state index contributed by atoms with van der Waals surface area (Å²) in [6.45, 7) is 2.77. The Morgan fingerprint density at radius 3 is 2.43 bits per heavy atom. The van der Waals surface area contributed by atoms with Crippen molar-refractivity contribution in [3.8, 4) is 5.75 Å². The number of hydrogen-bond donors (Lipinski definition) is 2. The molecule has 1 aromatic carbocycles. The predicted octanol–water partition coefficient (Wildman–Crippen LogP) is 4.80. The number of anilines is 1. The second-order valence-electron chi connectivity index (χ2n) is 5.92. The molecule has 0 aliphatic heterocycles. The molecular weight excluding hydrogens is 391 g/mol. The number of unbranched alkanes of at least 4 members (excludes halogenated alkanes) is 2. The van der Waals surface area contributed by atoms with Crippen molar-refractivity contribution in [1.82, 2.24) is 10.3 Å². The Labute approximate surface area is 166 Å². The van der Waals surface area contributed by atoms with E-state index in [4.69, 9.17) is 17.0 Å². The Kier molecular flexibility index (Phi) is 7.74. The van der Waals surface area contributed by atoms with Crippen LogP contribution in [0.2, 0.25) is 0 Å². The molecule has 2 rings (SSSR count). The second-order valence-corrected chi connectivity index (χ2v) is 6.33. The molecule has 0 aliphatic rings. The number of nitrogens with one attached hydrogen (secondary N) is 2.